The number of aryl methyl sites for hydroxylation is 1. The third kappa shape index (κ3) is 5.94. The molecule has 0 saturated heterocycles. The zero-order valence-electron chi connectivity index (χ0n) is 14.5. The number of ether oxygens (including phenoxy) is 1. The van der Waals surface area contributed by atoms with Crippen LogP contribution in [0.15, 0.2) is 35.6 Å². The Kier molecular flexibility index (Phi) is 6.81. The number of aliphatic imine (C=N–C) groups is 1. The SMILES string of the molecule is CCNC(=NCc1ncnn1C)NCCOc1ccc(C(F)(F)F)cc1. The first kappa shape index (κ1) is 19.5. The number of nitrogens with zero attached hydrogens (tertiary/aromatic N) is 4. The van der Waals surface area contributed by atoms with Crippen molar-refractivity contribution in [3.8, 4) is 5.75 Å². The number of halogens is 3. The van der Waals surface area contributed by atoms with Crippen molar-refractivity contribution in [2.24, 2.45) is 12.0 Å². The molecule has 10 heteroatoms. The molecule has 0 amide bonds. The number of hydrogen-bond acceptors (Lipinski definition) is 4. The monoisotopic (exact) mass is 370 g/mol. The maximum Gasteiger partial charge on any atom is 0.416 e. The van der Waals surface area contributed by atoms with Crippen molar-refractivity contribution in [3.63, 3.8) is 0 Å². The molecule has 0 bridgehead atoms. The van der Waals surface area contributed by atoms with Crippen molar-refractivity contribution in [2.45, 2.75) is 19.6 Å². The molecule has 0 radical (unpaired) electrons. The van der Waals surface area contributed by atoms with E-state index < -0.39 is 11.7 Å². The lowest BCUT2D eigenvalue weighted by Gasteiger charge is -2.12. The minimum Gasteiger partial charge on any atom is -0.492 e. The van der Waals surface area contributed by atoms with E-state index in [9.17, 15) is 13.2 Å². The fourth-order valence-electron chi connectivity index (χ4n) is 2.03. The van der Waals surface area contributed by atoms with Gasteiger partial charge in [0.1, 0.15) is 31.1 Å². The molecule has 0 spiro atoms. The summed E-state index contributed by atoms with van der Waals surface area (Å²) in [7, 11) is 1.79. The Hall–Kier alpha value is -2.78. The van der Waals surface area contributed by atoms with E-state index in [0.29, 0.717) is 31.3 Å². The van der Waals surface area contributed by atoms with Gasteiger partial charge < -0.3 is 15.4 Å². The lowest BCUT2D eigenvalue weighted by molar-refractivity contribution is -0.137. The van der Waals surface area contributed by atoms with Crippen molar-refractivity contribution in [1.29, 1.82) is 0 Å². The van der Waals surface area contributed by atoms with Gasteiger partial charge in [0, 0.05) is 13.6 Å². The minimum absolute atomic E-state index is 0.278. The summed E-state index contributed by atoms with van der Waals surface area (Å²) in [6.45, 7) is 3.71. The van der Waals surface area contributed by atoms with Crippen LogP contribution in [-0.2, 0) is 19.8 Å². The van der Waals surface area contributed by atoms with Gasteiger partial charge in [-0.25, -0.2) is 9.98 Å². The Balaban J connectivity index is 1.79. The van der Waals surface area contributed by atoms with Crippen LogP contribution in [0.4, 0.5) is 13.2 Å². The molecule has 0 unspecified atom stereocenters. The molecule has 142 valence electrons. The summed E-state index contributed by atoms with van der Waals surface area (Å²) in [5.74, 6) is 1.69. The number of guanidine groups is 1. The Morgan fingerprint density at radius 3 is 2.54 bits per heavy atom. The van der Waals surface area contributed by atoms with Gasteiger partial charge in [-0.2, -0.15) is 18.3 Å². The molecule has 0 aliphatic carbocycles. The van der Waals surface area contributed by atoms with Crippen molar-refractivity contribution in [1.82, 2.24) is 25.4 Å². The molecule has 2 rings (SSSR count). The molecule has 7 nitrogen and oxygen atoms in total. The van der Waals surface area contributed by atoms with Gasteiger partial charge in [0.15, 0.2) is 5.96 Å². The molecule has 0 atom stereocenters. The van der Waals surface area contributed by atoms with Crippen LogP contribution in [0.5, 0.6) is 5.75 Å². The van der Waals surface area contributed by atoms with E-state index in [1.165, 1.54) is 18.5 Å². The first-order chi connectivity index (χ1) is 12.4. The second kappa shape index (κ2) is 9.07. The van der Waals surface area contributed by atoms with Crippen molar-refractivity contribution in [2.75, 3.05) is 19.7 Å². The van der Waals surface area contributed by atoms with Crippen LogP contribution < -0.4 is 15.4 Å². The van der Waals surface area contributed by atoms with E-state index in [1.807, 2.05) is 6.92 Å². The van der Waals surface area contributed by atoms with Crippen LogP contribution in [-0.4, -0.2) is 40.4 Å². The summed E-state index contributed by atoms with van der Waals surface area (Å²) >= 11 is 0. The summed E-state index contributed by atoms with van der Waals surface area (Å²) in [5, 5.41) is 10.1. The molecular formula is C16H21F3N6O. The molecule has 1 heterocycles. The molecule has 2 N–H and O–H groups in total. The third-order valence-corrected chi connectivity index (χ3v) is 3.37. The number of alkyl halides is 3. The first-order valence-corrected chi connectivity index (χ1v) is 8.05. The summed E-state index contributed by atoms with van der Waals surface area (Å²) in [5.41, 5.74) is -0.701. The summed E-state index contributed by atoms with van der Waals surface area (Å²) < 4.78 is 44.6. The highest BCUT2D eigenvalue weighted by atomic mass is 19.4. The predicted molar refractivity (Wildman–Crippen MR) is 90.8 cm³/mol. The Labute approximate surface area is 149 Å². The summed E-state index contributed by atoms with van der Waals surface area (Å²) in [6.07, 6.45) is -2.89. The second-order valence-electron chi connectivity index (χ2n) is 5.29. The van der Waals surface area contributed by atoms with Crippen molar-refractivity contribution in [3.05, 3.63) is 42.0 Å². The highest BCUT2D eigenvalue weighted by Gasteiger charge is 2.29. The van der Waals surface area contributed by atoms with E-state index in [4.69, 9.17) is 4.74 Å². The molecule has 1 aromatic heterocycles. The topological polar surface area (TPSA) is 76.4 Å². The van der Waals surface area contributed by atoms with E-state index in [1.54, 1.807) is 11.7 Å². The lowest BCUT2D eigenvalue weighted by Crippen LogP contribution is -2.39. The Bertz CT molecular complexity index is 712. The van der Waals surface area contributed by atoms with Gasteiger partial charge >= 0.3 is 6.18 Å². The largest absolute Gasteiger partial charge is 0.492 e. The second-order valence-corrected chi connectivity index (χ2v) is 5.29. The molecule has 0 aliphatic rings. The van der Waals surface area contributed by atoms with E-state index >= 15 is 0 Å². The number of nitrogens with one attached hydrogen (secondary N) is 2. The highest BCUT2D eigenvalue weighted by molar-refractivity contribution is 5.79. The quantitative estimate of drug-likeness (QED) is 0.443. The van der Waals surface area contributed by atoms with E-state index in [-0.39, 0.29) is 6.61 Å². The number of rotatable bonds is 7. The average Bonchev–Trinajstić information content (AvgIpc) is 3.01. The van der Waals surface area contributed by atoms with Crippen LogP contribution in [0.2, 0.25) is 0 Å². The predicted octanol–water partition coefficient (Wildman–Crippen LogP) is 1.97. The van der Waals surface area contributed by atoms with Crippen molar-refractivity contribution >= 4 is 5.96 Å². The zero-order valence-corrected chi connectivity index (χ0v) is 14.5. The van der Waals surface area contributed by atoms with Gasteiger partial charge in [-0.15, -0.1) is 0 Å². The molecular weight excluding hydrogens is 349 g/mol. The first-order valence-electron chi connectivity index (χ1n) is 8.05. The van der Waals surface area contributed by atoms with Gasteiger partial charge in [-0.1, -0.05) is 0 Å². The molecule has 0 saturated carbocycles. The van der Waals surface area contributed by atoms with E-state index in [0.717, 1.165) is 18.0 Å². The van der Waals surface area contributed by atoms with Gasteiger partial charge in [0.05, 0.1) is 12.1 Å². The van der Waals surface area contributed by atoms with Gasteiger partial charge in [0.2, 0.25) is 0 Å². The lowest BCUT2D eigenvalue weighted by atomic mass is 10.2. The van der Waals surface area contributed by atoms with Crippen LogP contribution >= 0.6 is 0 Å². The van der Waals surface area contributed by atoms with Crippen LogP contribution in [0.3, 0.4) is 0 Å². The molecule has 26 heavy (non-hydrogen) atoms. The molecule has 1 aromatic carbocycles. The minimum atomic E-state index is -4.35. The van der Waals surface area contributed by atoms with Crippen LogP contribution in [0.25, 0.3) is 0 Å². The third-order valence-electron chi connectivity index (χ3n) is 3.37. The normalized spacial score (nSPS) is 12.1. The van der Waals surface area contributed by atoms with Crippen LogP contribution in [0, 0.1) is 0 Å². The number of benzene rings is 1. The average molecular weight is 370 g/mol. The number of hydrogen-bond donors (Lipinski definition) is 2. The van der Waals surface area contributed by atoms with Crippen LogP contribution in [0.1, 0.15) is 18.3 Å². The number of aromatic nitrogens is 3. The zero-order chi connectivity index (χ0) is 19.0. The maximum absolute atomic E-state index is 12.5. The fourth-order valence-corrected chi connectivity index (χ4v) is 2.03. The van der Waals surface area contributed by atoms with Gasteiger partial charge in [-0.3, -0.25) is 4.68 Å². The van der Waals surface area contributed by atoms with Crippen molar-refractivity contribution < 1.29 is 17.9 Å². The Morgan fingerprint density at radius 2 is 1.96 bits per heavy atom. The molecule has 0 aliphatic heterocycles. The van der Waals surface area contributed by atoms with Gasteiger partial charge in [-0.05, 0) is 31.2 Å². The smallest absolute Gasteiger partial charge is 0.416 e. The summed E-state index contributed by atoms with van der Waals surface area (Å²) in [6, 6.07) is 4.59. The molecule has 2 aromatic rings. The molecule has 0 fully saturated rings. The van der Waals surface area contributed by atoms with Gasteiger partial charge in [0.25, 0.3) is 0 Å². The summed E-state index contributed by atoms with van der Waals surface area (Å²) in [4.78, 5) is 8.48. The maximum atomic E-state index is 12.5. The van der Waals surface area contributed by atoms with E-state index in [2.05, 4.69) is 25.7 Å². The standard InChI is InChI=1S/C16H21F3N6O/c1-3-20-15(22-10-14-23-11-24-25(14)2)21-8-9-26-13-6-4-12(5-7-13)16(17,18)19/h4-7,11H,3,8-10H2,1-2H3,(H2,20,21,22). The highest BCUT2D eigenvalue weighted by Crippen LogP contribution is 2.30. The fraction of sp³-hybridized carbons (Fsp3) is 0.438. The Morgan fingerprint density at radius 1 is 1.23 bits per heavy atom.